The second kappa shape index (κ2) is 11.3. The van der Waals surface area contributed by atoms with Crippen LogP contribution in [0, 0.1) is 32.7 Å². The van der Waals surface area contributed by atoms with Gasteiger partial charge in [-0.15, -0.1) is 0 Å². The molecule has 0 spiro atoms. The first-order valence-corrected chi connectivity index (χ1v) is 12.5. The van der Waals surface area contributed by atoms with E-state index in [9.17, 15) is 26.7 Å². The average Bonchev–Trinajstić information content (AvgIpc) is 3.15. The van der Waals surface area contributed by atoms with E-state index >= 15 is 0 Å². The molecular formula is C26H17ClF5IN2O3. The summed E-state index contributed by atoms with van der Waals surface area (Å²) in [5.41, 5.74) is -0.361. The molecule has 3 aromatic rings. The molecule has 0 radical (unpaired) electrons. The lowest BCUT2D eigenvalue weighted by molar-refractivity contribution is -0.114. The fourth-order valence-corrected chi connectivity index (χ4v) is 4.59. The van der Waals surface area contributed by atoms with Gasteiger partial charge in [0, 0.05) is 10.6 Å². The number of ether oxygens (including phenoxy) is 2. The zero-order valence-corrected chi connectivity index (χ0v) is 22.6. The van der Waals surface area contributed by atoms with Crippen molar-refractivity contribution >= 4 is 57.6 Å². The standard InChI is InChI=1S/C26H17ClF5IN2O3/c1-3-37-18-10-13(9-17(33)25(18)38-11-14-6-4-5-7-16(14)27)8-15-12(2)34-35(26(15)36)24-22(31)20(29)19(28)21(30)23(24)32/h4-10H,3,11H2,1-2H3/b15-8-. The molecule has 0 aromatic heterocycles. The third-order valence-corrected chi connectivity index (χ3v) is 6.60. The Labute approximate surface area is 232 Å². The van der Waals surface area contributed by atoms with E-state index in [1.807, 2.05) is 34.7 Å². The highest BCUT2D eigenvalue weighted by atomic mass is 127. The second-order valence-corrected chi connectivity index (χ2v) is 9.49. The minimum Gasteiger partial charge on any atom is -0.490 e. The Bertz CT molecular complexity index is 1480. The number of nitrogens with zero attached hydrogens (tertiary/aromatic N) is 2. The molecule has 12 heteroatoms. The molecule has 3 aromatic carbocycles. The van der Waals surface area contributed by atoms with Crippen molar-refractivity contribution in [1.29, 1.82) is 0 Å². The molecule has 4 rings (SSSR count). The van der Waals surface area contributed by atoms with E-state index in [1.54, 1.807) is 31.2 Å². The van der Waals surface area contributed by atoms with Gasteiger partial charge in [-0.2, -0.15) is 10.1 Å². The molecule has 38 heavy (non-hydrogen) atoms. The number of anilines is 1. The largest absolute Gasteiger partial charge is 0.490 e. The van der Waals surface area contributed by atoms with Crippen LogP contribution in [0.2, 0.25) is 5.02 Å². The maximum Gasteiger partial charge on any atom is 0.280 e. The third-order valence-electron chi connectivity index (χ3n) is 5.43. The number of benzene rings is 3. The van der Waals surface area contributed by atoms with Crippen LogP contribution < -0.4 is 14.5 Å². The third kappa shape index (κ3) is 5.21. The first-order valence-electron chi connectivity index (χ1n) is 11.0. The van der Waals surface area contributed by atoms with E-state index in [0.717, 1.165) is 5.56 Å². The summed E-state index contributed by atoms with van der Waals surface area (Å²) >= 11 is 8.23. The zero-order chi connectivity index (χ0) is 27.7. The molecule has 5 nitrogen and oxygen atoms in total. The predicted molar refractivity (Wildman–Crippen MR) is 141 cm³/mol. The van der Waals surface area contributed by atoms with Gasteiger partial charge in [0.25, 0.3) is 5.91 Å². The number of hydrogen-bond donors (Lipinski definition) is 0. The smallest absolute Gasteiger partial charge is 0.280 e. The van der Waals surface area contributed by atoms with Crippen LogP contribution in [0.3, 0.4) is 0 Å². The average molecular weight is 663 g/mol. The molecule has 0 aliphatic carbocycles. The normalized spacial score (nSPS) is 14.3. The van der Waals surface area contributed by atoms with Crippen LogP contribution >= 0.6 is 34.2 Å². The molecule has 0 unspecified atom stereocenters. The highest BCUT2D eigenvalue weighted by molar-refractivity contribution is 14.1. The molecule has 198 valence electrons. The van der Waals surface area contributed by atoms with Crippen molar-refractivity contribution in [2.75, 3.05) is 11.6 Å². The number of hydrogen-bond acceptors (Lipinski definition) is 4. The summed E-state index contributed by atoms with van der Waals surface area (Å²) in [7, 11) is 0. The lowest BCUT2D eigenvalue weighted by Crippen LogP contribution is -2.25. The van der Waals surface area contributed by atoms with E-state index in [1.165, 1.54) is 13.0 Å². The first kappa shape index (κ1) is 27.8. The first-order chi connectivity index (χ1) is 18.0. The molecule has 1 aliphatic heterocycles. The number of carbonyl (C=O) groups excluding carboxylic acids is 1. The molecule has 0 N–H and O–H groups in total. The number of carbonyl (C=O) groups is 1. The van der Waals surface area contributed by atoms with Gasteiger partial charge in [-0.05, 0) is 66.3 Å². The molecule has 0 atom stereocenters. The summed E-state index contributed by atoms with van der Waals surface area (Å²) in [6, 6.07) is 10.4. The van der Waals surface area contributed by atoms with E-state index in [0.29, 0.717) is 32.3 Å². The van der Waals surface area contributed by atoms with Crippen LogP contribution in [0.1, 0.15) is 25.0 Å². The second-order valence-electron chi connectivity index (χ2n) is 7.92. The highest BCUT2D eigenvalue weighted by Crippen LogP contribution is 2.37. The van der Waals surface area contributed by atoms with Gasteiger partial charge in [0.2, 0.25) is 5.82 Å². The van der Waals surface area contributed by atoms with Gasteiger partial charge in [0.1, 0.15) is 12.3 Å². The Morgan fingerprint density at radius 3 is 2.26 bits per heavy atom. The number of rotatable bonds is 7. The van der Waals surface area contributed by atoms with Crippen LogP contribution in [-0.2, 0) is 11.4 Å². The Hall–Kier alpha value is -3.19. The van der Waals surface area contributed by atoms with Crippen molar-refractivity contribution < 1.29 is 36.2 Å². The van der Waals surface area contributed by atoms with Gasteiger partial charge in [0.15, 0.2) is 34.8 Å². The molecule has 1 amide bonds. The molecule has 0 bridgehead atoms. The monoisotopic (exact) mass is 662 g/mol. The lowest BCUT2D eigenvalue weighted by Gasteiger charge is -2.16. The summed E-state index contributed by atoms with van der Waals surface area (Å²) in [6.07, 6.45) is 1.37. The molecule has 0 fully saturated rings. The van der Waals surface area contributed by atoms with Gasteiger partial charge < -0.3 is 9.47 Å². The van der Waals surface area contributed by atoms with E-state index < -0.39 is 40.7 Å². The zero-order valence-electron chi connectivity index (χ0n) is 19.7. The fourth-order valence-electron chi connectivity index (χ4n) is 3.62. The summed E-state index contributed by atoms with van der Waals surface area (Å²) in [6.45, 7) is 3.60. The summed E-state index contributed by atoms with van der Waals surface area (Å²) in [5.74, 6) is -11.3. The van der Waals surface area contributed by atoms with E-state index in [4.69, 9.17) is 21.1 Å². The molecule has 1 aliphatic rings. The Morgan fingerprint density at radius 1 is 1.00 bits per heavy atom. The summed E-state index contributed by atoms with van der Waals surface area (Å²) in [4.78, 5) is 13.0. The Morgan fingerprint density at radius 2 is 1.63 bits per heavy atom. The van der Waals surface area contributed by atoms with Crippen molar-refractivity contribution in [2.45, 2.75) is 20.5 Å². The minimum atomic E-state index is -2.33. The van der Waals surface area contributed by atoms with Crippen molar-refractivity contribution in [3.8, 4) is 11.5 Å². The molecule has 0 saturated heterocycles. The number of amides is 1. The van der Waals surface area contributed by atoms with Gasteiger partial charge in [-0.3, -0.25) is 4.79 Å². The Balaban J connectivity index is 1.68. The van der Waals surface area contributed by atoms with Gasteiger partial charge in [0.05, 0.1) is 21.5 Å². The Kier molecular flexibility index (Phi) is 8.26. The summed E-state index contributed by atoms with van der Waals surface area (Å²) in [5, 5.41) is 4.44. The van der Waals surface area contributed by atoms with Gasteiger partial charge >= 0.3 is 0 Å². The SMILES string of the molecule is CCOc1cc(/C=C2\C(=O)N(c3c(F)c(F)c(F)c(F)c3F)N=C2C)cc(I)c1OCc1ccccc1Cl. The maximum atomic E-state index is 14.3. The quantitative estimate of drug-likeness (QED) is 0.0870. The van der Waals surface area contributed by atoms with Crippen molar-refractivity contribution in [3.63, 3.8) is 0 Å². The van der Waals surface area contributed by atoms with Crippen LogP contribution in [0.5, 0.6) is 11.5 Å². The number of halogens is 7. The fraction of sp³-hybridized carbons (Fsp3) is 0.154. The van der Waals surface area contributed by atoms with E-state index in [2.05, 4.69) is 5.10 Å². The van der Waals surface area contributed by atoms with Crippen LogP contribution in [-0.4, -0.2) is 18.2 Å². The molecule has 0 saturated carbocycles. The lowest BCUT2D eigenvalue weighted by atomic mass is 10.1. The molecular weight excluding hydrogens is 646 g/mol. The molecule has 1 heterocycles. The van der Waals surface area contributed by atoms with Crippen molar-refractivity contribution in [3.05, 3.63) is 90.8 Å². The van der Waals surface area contributed by atoms with Crippen molar-refractivity contribution in [1.82, 2.24) is 0 Å². The van der Waals surface area contributed by atoms with Gasteiger partial charge in [-0.25, -0.2) is 22.0 Å². The summed E-state index contributed by atoms with van der Waals surface area (Å²) < 4.78 is 81.8. The highest BCUT2D eigenvalue weighted by Gasteiger charge is 2.37. The maximum absolute atomic E-state index is 14.3. The number of hydrazone groups is 1. The van der Waals surface area contributed by atoms with Crippen LogP contribution in [0.25, 0.3) is 6.08 Å². The minimum absolute atomic E-state index is 0.00551. The van der Waals surface area contributed by atoms with E-state index in [-0.39, 0.29) is 22.9 Å². The predicted octanol–water partition coefficient (Wildman–Crippen LogP) is 7.42. The van der Waals surface area contributed by atoms with Crippen LogP contribution in [0.15, 0.2) is 47.1 Å². The van der Waals surface area contributed by atoms with Crippen LogP contribution in [0.4, 0.5) is 27.6 Å². The van der Waals surface area contributed by atoms with Crippen molar-refractivity contribution in [2.24, 2.45) is 5.10 Å². The topological polar surface area (TPSA) is 51.1 Å². The van der Waals surface area contributed by atoms with Gasteiger partial charge in [-0.1, -0.05) is 29.8 Å².